The van der Waals surface area contributed by atoms with E-state index in [1.807, 2.05) is 0 Å². The number of fused-ring (bicyclic) bond motifs is 1. The van der Waals surface area contributed by atoms with Gasteiger partial charge in [0.1, 0.15) is 0 Å². The molecule has 2 aliphatic carbocycles. The largest absolute Gasteiger partial charge is 0.375 e. The molecule has 2 aliphatic rings. The third kappa shape index (κ3) is 3.53. The summed E-state index contributed by atoms with van der Waals surface area (Å²) in [4.78, 5) is 0. The molecule has 4 atom stereocenters. The van der Waals surface area contributed by atoms with Crippen molar-refractivity contribution in [1.29, 1.82) is 0 Å². The summed E-state index contributed by atoms with van der Waals surface area (Å²) in [6, 6.07) is 0. The molecule has 21 heavy (non-hydrogen) atoms. The molecule has 0 aliphatic heterocycles. The van der Waals surface area contributed by atoms with Crippen LogP contribution in [0.15, 0.2) is 11.6 Å². The zero-order chi connectivity index (χ0) is 15.7. The minimum atomic E-state index is -0.0457. The average molecular weight is 294 g/mol. The first kappa shape index (κ1) is 17.0. The van der Waals surface area contributed by atoms with E-state index in [9.17, 15) is 0 Å². The standard InChI is InChI=1S/C19H34O2/c1-7-20-15-11-14(3)9-10-16-17(13-18(16,4)5)19(6,12-15)21-8-2/h11,15-17H,7-10,12-13H2,1-6H3/b14-11-. The van der Waals surface area contributed by atoms with Crippen molar-refractivity contribution in [2.24, 2.45) is 17.3 Å². The van der Waals surface area contributed by atoms with Crippen LogP contribution in [0.1, 0.15) is 67.2 Å². The maximum atomic E-state index is 6.29. The van der Waals surface area contributed by atoms with Crippen LogP contribution in [-0.2, 0) is 9.47 Å². The topological polar surface area (TPSA) is 18.5 Å². The van der Waals surface area contributed by atoms with Crippen LogP contribution in [-0.4, -0.2) is 24.9 Å². The predicted molar refractivity (Wildman–Crippen MR) is 88.4 cm³/mol. The molecule has 0 radical (unpaired) electrons. The van der Waals surface area contributed by atoms with Crippen LogP contribution in [0.2, 0.25) is 0 Å². The molecule has 122 valence electrons. The number of hydrogen-bond acceptors (Lipinski definition) is 2. The lowest BCUT2D eigenvalue weighted by atomic mass is 9.49. The lowest BCUT2D eigenvalue weighted by molar-refractivity contribution is -0.179. The molecule has 0 bridgehead atoms. The maximum absolute atomic E-state index is 6.29. The second-order valence-electron chi connectivity index (χ2n) is 7.90. The number of hydrogen-bond donors (Lipinski definition) is 0. The number of ether oxygens (including phenoxy) is 2. The van der Waals surface area contributed by atoms with Crippen molar-refractivity contribution in [3.8, 4) is 0 Å². The molecule has 4 unspecified atom stereocenters. The lowest BCUT2D eigenvalue weighted by Crippen LogP contribution is -2.56. The highest BCUT2D eigenvalue weighted by Crippen LogP contribution is 2.59. The van der Waals surface area contributed by atoms with Crippen molar-refractivity contribution in [1.82, 2.24) is 0 Å². The smallest absolute Gasteiger partial charge is 0.0785 e. The van der Waals surface area contributed by atoms with Gasteiger partial charge < -0.3 is 9.47 Å². The summed E-state index contributed by atoms with van der Waals surface area (Å²) in [5, 5.41) is 0. The van der Waals surface area contributed by atoms with Crippen LogP contribution in [0.3, 0.4) is 0 Å². The van der Waals surface area contributed by atoms with E-state index in [0.29, 0.717) is 11.3 Å². The van der Waals surface area contributed by atoms with E-state index in [1.165, 1.54) is 24.8 Å². The summed E-state index contributed by atoms with van der Waals surface area (Å²) < 4.78 is 12.3. The summed E-state index contributed by atoms with van der Waals surface area (Å²) in [7, 11) is 0. The predicted octanol–water partition coefficient (Wildman–Crippen LogP) is 4.98. The van der Waals surface area contributed by atoms with Crippen LogP contribution >= 0.6 is 0 Å². The van der Waals surface area contributed by atoms with E-state index >= 15 is 0 Å². The highest BCUT2D eigenvalue weighted by Gasteiger charge is 2.55. The monoisotopic (exact) mass is 294 g/mol. The van der Waals surface area contributed by atoms with Gasteiger partial charge in [-0.2, -0.15) is 0 Å². The molecular formula is C19H34O2. The van der Waals surface area contributed by atoms with E-state index < -0.39 is 0 Å². The highest BCUT2D eigenvalue weighted by molar-refractivity contribution is 5.12. The van der Waals surface area contributed by atoms with E-state index in [4.69, 9.17) is 9.47 Å². The normalized spacial score (nSPS) is 41.8. The van der Waals surface area contributed by atoms with Crippen molar-refractivity contribution in [3.63, 3.8) is 0 Å². The molecule has 0 aromatic carbocycles. The summed E-state index contributed by atoms with van der Waals surface area (Å²) in [6.07, 6.45) is 7.32. The Labute approximate surface area is 131 Å². The highest BCUT2D eigenvalue weighted by atomic mass is 16.5. The first-order chi connectivity index (χ1) is 9.82. The van der Waals surface area contributed by atoms with Crippen molar-refractivity contribution in [3.05, 3.63) is 11.6 Å². The molecular weight excluding hydrogens is 260 g/mol. The van der Waals surface area contributed by atoms with Crippen molar-refractivity contribution in [2.75, 3.05) is 13.2 Å². The van der Waals surface area contributed by atoms with Gasteiger partial charge in [0.15, 0.2) is 0 Å². The molecule has 0 heterocycles. The quantitative estimate of drug-likeness (QED) is 0.681. The number of rotatable bonds is 4. The van der Waals surface area contributed by atoms with Crippen LogP contribution in [0.4, 0.5) is 0 Å². The molecule has 2 heteroatoms. The zero-order valence-corrected chi connectivity index (χ0v) is 14.9. The van der Waals surface area contributed by atoms with Gasteiger partial charge in [0.2, 0.25) is 0 Å². The Morgan fingerprint density at radius 2 is 1.81 bits per heavy atom. The van der Waals surface area contributed by atoms with Gasteiger partial charge >= 0.3 is 0 Å². The minimum Gasteiger partial charge on any atom is -0.375 e. The van der Waals surface area contributed by atoms with Gasteiger partial charge in [-0.05, 0) is 64.2 Å². The van der Waals surface area contributed by atoms with Crippen molar-refractivity contribution in [2.45, 2.75) is 78.9 Å². The molecule has 0 aromatic rings. The van der Waals surface area contributed by atoms with Gasteiger partial charge in [0.25, 0.3) is 0 Å². The summed E-state index contributed by atoms with van der Waals surface area (Å²) in [5.74, 6) is 1.45. The van der Waals surface area contributed by atoms with Gasteiger partial charge in [0, 0.05) is 19.6 Å². The summed E-state index contributed by atoms with van der Waals surface area (Å²) in [6.45, 7) is 15.2. The van der Waals surface area contributed by atoms with Crippen LogP contribution in [0.5, 0.6) is 0 Å². The van der Waals surface area contributed by atoms with Gasteiger partial charge in [-0.3, -0.25) is 0 Å². The first-order valence-electron chi connectivity index (χ1n) is 8.75. The van der Waals surface area contributed by atoms with Crippen molar-refractivity contribution < 1.29 is 9.47 Å². The fraction of sp³-hybridized carbons (Fsp3) is 0.895. The van der Waals surface area contributed by atoms with Gasteiger partial charge in [-0.25, -0.2) is 0 Å². The van der Waals surface area contributed by atoms with E-state index in [2.05, 4.69) is 47.6 Å². The van der Waals surface area contributed by atoms with Crippen LogP contribution in [0, 0.1) is 17.3 Å². The van der Waals surface area contributed by atoms with Crippen molar-refractivity contribution >= 4 is 0 Å². The molecule has 1 fully saturated rings. The summed E-state index contributed by atoms with van der Waals surface area (Å²) >= 11 is 0. The molecule has 0 N–H and O–H groups in total. The zero-order valence-electron chi connectivity index (χ0n) is 14.9. The number of allylic oxidation sites excluding steroid dienone is 1. The van der Waals surface area contributed by atoms with E-state index in [0.717, 1.165) is 25.6 Å². The summed E-state index contributed by atoms with van der Waals surface area (Å²) in [5.41, 5.74) is 1.90. The SMILES string of the molecule is CCOC1/C=C(/C)CCC2C(CC2(C)C)C(C)(OCC)C1. The fourth-order valence-electron chi connectivity index (χ4n) is 4.69. The Kier molecular flexibility index (Phi) is 5.20. The third-order valence-electron chi connectivity index (χ3n) is 5.80. The molecule has 0 aromatic heterocycles. The van der Waals surface area contributed by atoms with Gasteiger partial charge in [-0.1, -0.05) is 25.5 Å². The molecule has 1 saturated carbocycles. The second kappa shape index (κ2) is 6.42. The fourth-order valence-corrected chi connectivity index (χ4v) is 4.69. The molecule has 2 rings (SSSR count). The molecule has 2 nitrogen and oxygen atoms in total. The maximum Gasteiger partial charge on any atom is 0.0785 e. The van der Waals surface area contributed by atoms with Gasteiger partial charge in [0.05, 0.1) is 11.7 Å². The van der Waals surface area contributed by atoms with E-state index in [-0.39, 0.29) is 11.7 Å². The minimum absolute atomic E-state index is 0.0457. The second-order valence-corrected chi connectivity index (χ2v) is 7.90. The Balaban J connectivity index is 2.27. The lowest BCUT2D eigenvalue weighted by Gasteiger charge is -2.58. The Hall–Kier alpha value is -0.340. The Bertz CT molecular complexity index is 385. The first-order valence-corrected chi connectivity index (χ1v) is 8.75. The molecule has 0 spiro atoms. The van der Waals surface area contributed by atoms with E-state index in [1.54, 1.807) is 0 Å². The Morgan fingerprint density at radius 3 is 2.38 bits per heavy atom. The van der Waals surface area contributed by atoms with Crippen LogP contribution < -0.4 is 0 Å². The third-order valence-corrected chi connectivity index (χ3v) is 5.80. The van der Waals surface area contributed by atoms with Crippen LogP contribution in [0.25, 0.3) is 0 Å². The molecule has 0 saturated heterocycles. The molecule has 0 amide bonds. The average Bonchev–Trinajstić information content (AvgIpc) is 2.39. The Morgan fingerprint density at radius 1 is 1.10 bits per heavy atom. The van der Waals surface area contributed by atoms with Gasteiger partial charge in [-0.15, -0.1) is 0 Å².